The van der Waals surface area contributed by atoms with Gasteiger partial charge < -0.3 is 9.47 Å². The molecule has 1 unspecified atom stereocenters. The van der Waals surface area contributed by atoms with Crippen LogP contribution in [0.5, 0.6) is 5.88 Å². The zero-order valence-electron chi connectivity index (χ0n) is 10.3. The monoisotopic (exact) mass is 246 g/mol. The third-order valence-corrected chi connectivity index (χ3v) is 2.41. The van der Waals surface area contributed by atoms with Crippen LogP contribution in [0.15, 0.2) is 30.6 Å². The average Bonchev–Trinajstić information content (AvgIpc) is 2.39. The molecule has 0 saturated heterocycles. The van der Waals surface area contributed by atoms with Gasteiger partial charge in [0.2, 0.25) is 5.88 Å². The molecule has 94 valence electrons. The van der Waals surface area contributed by atoms with Gasteiger partial charge in [0.25, 0.3) is 0 Å². The summed E-state index contributed by atoms with van der Waals surface area (Å²) in [5, 5.41) is 0.774. The van der Waals surface area contributed by atoms with Gasteiger partial charge in [0, 0.05) is 0 Å². The van der Waals surface area contributed by atoms with E-state index in [1.807, 2.05) is 24.3 Å². The van der Waals surface area contributed by atoms with Gasteiger partial charge in [-0.2, -0.15) is 0 Å². The number of benzene rings is 1. The van der Waals surface area contributed by atoms with Gasteiger partial charge >= 0.3 is 5.97 Å². The molecule has 2 rings (SSSR count). The maximum Gasteiger partial charge on any atom is 0.347 e. The molecule has 5 heteroatoms. The fraction of sp³-hybridized carbons (Fsp3) is 0.308. The zero-order chi connectivity index (χ0) is 13.0. The number of nitrogens with zero attached hydrogens (tertiary/aromatic N) is 2. The number of ether oxygens (including phenoxy) is 2. The number of carbonyl (C=O) groups is 1. The molecule has 0 aliphatic carbocycles. The van der Waals surface area contributed by atoms with E-state index in [0.717, 1.165) is 10.9 Å². The largest absolute Gasteiger partial charge is 0.463 e. The standard InChI is InChI=1S/C13H14N2O3/c1-3-17-13(16)9(2)18-12-10-6-4-5-7-11(10)14-8-15-12/h4-9H,3H2,1-2H3. The highest BCUT2D eigenvalue weighted by Gasteiger charge is 2.17. The molecule has 5 nitrogen and oxygen atoms in total. The number of hydrogen-bond acceptors (Lipinski definition) is 5. The molecular formula is C13H14N2O3. The highest BCUT2D eigenvalue weighted by Crippen LogP contribution is 2.21. The first-order valence-electron chi connectivity index (χ1n) is 5.75. The third kappa shape index (κ3) is 2.56. The van der Waals surface area contributed by atoms with Gasteiger partial charge in [-0.15, -0.1) is 0 Å². The summed E-state index contributed by atoms with van der Waals surface area (Å²) in [7, 11) is 0. The maximum absolute atomic E-state index is 11.5. The number of para-hydroxylation sites is 1. The fourth-order valence-corrected chi connectivity index (χ4v) is 1.55. The van der Waals surface area contributed by atoms with E-state index < -0.39 is 12.1 Å². The number of carbonyl (C=O) groups excluding carboxylic acids is 1. The Kier molecular flexibility index (Phi) is 3.72. The SMILES string of the molecule is CCOC(=O)C(C)Oc1ncnc2ccccc12. The van der Waals surface area contributed by atoms with Gasteiger partial charge in [0.1, 0.15) is 6.33 Å². The Hall–Kier alpha value is -2.17. The van der Waals surface area contributed by atoms with Gasteiger partial charge in [0.15, 0.2) is 6.10 Å². The number of aromatic nitrogens is 2. The van der Waals surface area contributed by atoms with E-state index in [0.29, 0.717) is 12.5 Å². The lowest BCUT2D eigenvalue weighted by molar-refractivity contribution is -0.150. The number of fused-ring (bicyclic) bond motifs is 1. The Morgan fingerprint density at radius 3 is 2.89 bits per heavy atom. The van der Waals surface area contributed by atoms with E-state index in [1.165, 1.54) is 6.33 Å². The third-order valence-electron chi connectivity index (χ3n) is 2.41. The molecule has 0 radical (unpaired) electrons. The molecule has 1 heterocycles. The van der Waals surface area contributed by atoms with Crippen molar-refractivity contribution in [2.45, 2.75) is 20.0 Å². The van der Waals surface area contributed by atoms with Crippen LogP contribution < -0.4 is 4.74 Å². The van der Waals surface area contributed by atoms with Crippen LogP contribution >= 0.6 is 0 Å². The maximum atomic E-state index is 11.5. The first kappa shape index (κ1) is 12.3. The van der Waals surface area contributed by atoms with E-state index >= 15 is 0 Å². The van der Waals surface area contributed by atoms with Crippen LogP contribution in [0.3, 0.4) is 0 Å². The second kappa shape index (κ2) is 5.44. The number of esters is 1. The molecule has 1 aromatic carbocycles. The minimum absolute atomic E-state index is 0.330. The van der Waals surface area contributed by atoms with Crippen LogP contribution in [-0.2, 0) is 9.53 Å². The summed E-state index contributed by atoms with van der Waals surface area (Å²) < 4.78 is 10.4. The number of rotatable bonds is 4. The van der Waals surface area contributed by atoms with E-state index in [9.17, 15) is 4.79 Å². The summed E-state index contributed by atoms with van der Waals surface area (Å²) in [5.41, 5.74) is 0.776. The predicted octanol–water partition coefficient (Wildman–Crippen LogP) is 1.96. The first-order valence-corrected chi connectivity index (χ1v) is 5.75. The zero-order valence-corrected chi connectivity index (χ0v) is 10.3. The molecule has 0 amide bonds. The van der Waals surface area contributed by atoms with Crippen LogP contribution in [-0.4, -0.2) is 28.6 Å². The van der Waals surface area contributed by atoms with Crippen LogP contribution in [0.1, 0.15) is 13.8 Å². The quantitative estimate of drug-likeness (QED) is 0.772. The van der Waals surface area contributed by atoms with Crippen molar-refractivity contribution in [3.05, 3.63) is 30.6 Å². The van der Waals surface area contributed by atoms with E-state index in [4.69, 9.17) is 9.47 Å². The molecular weight excluding hydrogens is 232 g/mol. The molecule has 0 N–H and O–H groups in total. The topological polar surface area (TPSA) is 61.3 Å². The van der Waals surface area contributed by atoms with Crippen LogP contribution in [0.4, 0.5) is 0 Å². The molecule has 0 aliphatic heterocycles. The molecule has 0 saturated carbocycles. The van der Waals surface area contributed by atoms with Gasteiger partial charge in [-0.25, -0.2) is 14.8 Å². The molecule has 18 heavy (non-hydrogen) atoms. The minimum Gasteiger partial charge on any atom is -0.463 e. The van der Waals surface area contributed by atoms with Crippen molar-refractivity contribution in [3.63, 3.8) is 0 Å². The molecule has 1 atom stereocenters. The second-order valence-corrected chi connectivity index (χ2v) is 3.71. The van der Waals surface area contributed by atoms with E-state index in [1.54, 1.807) is 13.8 Å². The Bertz CT molecular complexity index is 551. The van der Waals surface area contributed by atoms with Crippen molar-refractivity contribution >= 4 is 16.9 Å². The average molecular weight is 246 g/mol. The molecule has 0 fully saturated rings. The molecule has 2 aromatic rings. The summed E-state index contributed by atoms with van der Waals surface area (Å²) in [6.45, 7) is 3.72. The molecule has 0 spiro atoms. The van der Waals surface area contributed by atoms with Gasteiger partial charge in [0.05, 0.1) is 17.5 Å². The minimum atomic E-state index is -0.691. The van der Waals surface area contributed by atoms with E-state index in [-0.39, 0.29) is 0 Å². The van der Waals surface area contributed by atoms with Gasteiger partial charge in [-0.1, -0.05) is 12.1 Å². The molecule has 0 bridgehead atoms. The second-order valence-electron chi connectivity index (χ2n) is 3.71. The van der Waals surface area contributed by atoms with Crippen molar-refractivity contribution in [2.75, 3.05) is 6.61 Å². The highest BCUT2D eigenvalue weighted by atomic mass is 16.6. The van der Waals surface area contributed by atoms with Crippen molar-refractivity contribution in [1.82, 2.24) is 9.97 Å². The Balaban J connectivity index is 2.24. The Labute approximate surface area is 105 Å². The summed E-state index contributed by atoms with van der Waals surface area (Å²) >= 11 is 0. The molecule has 1 aromatic heterocycles. The van der Waals surface area contributed by atoms with Crippen LogP contribution in [0.25, 0.3) is 10.9 Å². The summed E-state index contributed by atoms with van der Waals surface area (Å²) in [5.74, 6) is -0.0126. The van der Waals surface area contributed by atoms with Crippen molar-refractivity contribution < 1.29 is 14.3 Å². The predicted molar refractivity (Wildman–Crippen MR) is 66.3 cm³/mol. The Morgan fingerprint density at radius 1 is 1.33 bits per heavy atom. The lowest BCUT2D eigenvalue weighted by Gasteiger charge is -2.13. The van der Waals surface area contributed by atoms with Crippen molar-refractivity contribution in [1.29, 1.82) is 0 Å². The summed E-state index contributed by atoms with van der Waals surface area (Å²) in [6, 6.07) is 7.46. The molecule has 0 aliphatic rings. The lowest BCUT2D eigenvalue weighted by atomic mass is 10.2. The normalized spacial score (nSPS) is 12.1. The van der Waals surface area contributed by atoms with Gasteiger partial charge in [-0.3, -0.25) is 0 Å². The van der Waals surface area contributed by atoms with Crippen LogP contribution in [0.2, 0.25) is 0 Å². The summed E-state index contributed by atoms with van der Waals surface area (Å²) in [4.78, 5) is 19.7. The van der Waals surface area contributed by atoms with Crippen molar-refractivity contribution in [3.8, 4) is 5.88 Å². The highest BCUT2D eigenvalue weighted by molar-refractivity contribution is 5.83. The van der Waals surface area contributed by atoms with Gasteiger partial charge in [-0.05, 0) is 26.0 Å². The summed E-state index contributed by atoms with van der Waals surface area (Å²) in [6.07, 6.45) is 0.721. The number of hydrogen-bond donors (Lipinski definition) is 0. The lowest BCUT2D eigenvalue weighted by Crippen LogP contribution is -2.26. The van der Waals surface area contributed by atoms with E-state index in [2.05, 4.69) is 9.97 Å². The fourth-order valence-electron chi connectivity index (χ4n) is 1.55. The van der Waals surface area contributed by atoms with Crippen molar-refractivity contribution in [2.24, 2.45) is 0 Å². The first-order chi connectivity index (χ1) is 8.72. The Morgan fingerprint density at radius 2 is 2.11 bits per heavy atom. The van der Waals surface area contributed by atoms with Crippen LogP contribution in [0, 0.1) is 0 Å². The smallest absolute Gasteiger partial charge is 0.347 e.